The van der Waals surface area contributed by atoms with Gasteiger partial charge in [0, 0.05) is 36.0 Å². The fourth-order valence-corrected chi connectivity index (χ4v) is 0.722. The summed E-state index contributed by atoms with van der Waals surface area (Å²) in [7, 11) is -1.75. The molecule has 7 heteroatoms. The van der Waals surface area contributed by atoms with Crippen molar-refractivity contribution in [2.24, 2.45) is 0 Å². The van der Waals surface area contributed by atoms with Gasteiger partial charge in [-0.15, -0.1) is 4.52 Å². The molecule has 0 aliphatic rings. The van der Waals surface area contributed by atoms with Crippen LogP contribution in [-0.2, 0) is 18.7 Å². The van der Waals surface area contributed by atoms with Gasteiger partial charge in [-0.05, 0) is 4.57 Å². The van der Waals surface area contributed by atoms with Crippen molar-refractivity contribution in [3.8, 4) is 0 Å². The van der Waals surface area contributed by atoms with Crippen molar-refractivity contribution >= 4 is 49.3 Å². The van der Waals surface area contributed by atoms with Gasteiger partial charge >= 0.3 is 14.0 Å². The molecule has 0 bridgehead atoms. The molecule has 0 aromatic carbocycles. The molecule has 0 saturated heterocycles. The number of hydrogen-bond acceptors (Lipinski definition) is 4. The van der Waals surface area contributed by atoms with E-state index >= 15 is 0 Å². The number of carbonyl (C=O) groups excluding carboxylic acids is 1. The van der Waals surface area contributed by atoms with E-state index in [0.29, 0.717) is 0 Å². The Morgan fingerprint density at radius 2 is 2.00 bits per heavy atom. The fourth-order valence-electron chi connectivity index (χ4n) is 0.374. The molecule has 0 rings (SSSR count). The first kappa shape index (κ1) is 14.7. The maximum absolute atomic E-state index is 10.3. The second kappa shape index (κ2) is 7.83. The van der Waals surface area contributed by atoms with E-state index in [0.717, 1.165) is 0 Å². The maximum atomic E-state index is 10.3. The standard InChI is InChI=1S/C5H7O5P.Na/c1-11(9)10-3-2-4(6)5(7)8;/h2-3H2,1H3;/p+1. The molecule has 0 amide bonds. The summed E-state index contributed by atoms with van der Waals surface area (Å²) >= 11 is 0. The van der Waals surface area contributed by atoms with E-state index in [-0.39, 0.29) is 42.6 Å². The fraction of sp³-hybridized carbons (Fsp3) is 0.600. The predicted molar refractivity (Wildman–Crippen MR) is 42.5 cm³/mol. The zero-order valence-corrected chi connectivity index (χ0v) is 9.84. The van der Waals surface area contributed by atoms with Crippen LogP contribution in [0.1, 0.15) is 6.42 Å². The van der Waals surface area contributed by atoms with Gasteiger partial charge in [0.15, 0.2) is 6.66 Å². The second-order valence-corrected chi connectivity index (χ2v) is 2.89. The Morgan fingerprint density at radius 1 is 1.50 bits per heavy atom. The summed E-state index contributed by atoms with van der Waals surface area (Å²) in [6, 6.07) is 0. The normalized spacial score (nSPS) is 9.92. The minimum absolute atomic E-state index is 0. The molecule has 0 aliphatic heterocycles. The van der Waals surface area contributed by atoms with Crippen LogP contribution in [0.2, 0.25) is 0 Å². The van der Waals surface area contributed by atoms with Crippen molar-refractivity contribution in [2.45, 2.75) is 6.42 Å². The molecule has 1 N–H and O–H groups in total. The first-order valence-corrected chi connectivity index (χ1v) is 4.46. The van der Waals surface area contributed by atoms with Crippen molar-refractivity contribution in [3.05, 3.63) is 0 Å². The molecule has 1 atom stereocenters. The van der Waals surface area contributed by atoms with E-state index in [9.17, 15) is 14.2 Å². The average Bonchev–Trinajstić information content (AvgIpc) is 1.86. The number of carbonyl (C=O) groups is 2. The van der Waals surface area contributed by atoms with Crippen LogP contribution >= 0.6 is 8.03 Å². The Bertz CT molecular complexity index is 192. The molecular weight excluding hydrogens is 194 g/mol. The van der Waals surface area contributed by atoms with Gasteiger partial charge in [0.05, 0.1) is 0 Å². The quantitative estimate of drug-likeness (QED) is 0.386. The van der Waals surface area contributed by atoms with Crippen LogP contribution in [0.5, 0.6) is 0 Å². The molecule has 0 fully saturated rings. The van der Waals surface area contributed by atoms with Crippen molar-refractivity contribution in [3.63, 3.8) is 0 Å². The molecule has 1 unspecified atom stereocenters. The molecule has 12 heavy (non-hydrogen) atoms. The molecule has 5 nitrogen and oxygen atoms in total. The van der Waals surface area contributed by atoms with E-state index in [2.05, 4.69) is 4.52 Å². The summed E-state index contributed by atoms with van der Waals surface area (Å²) in [5.41, 5.74) is 0. The number of carboxylic acid groups (broad SMARTS) is 1. The zero-order chi connectivity index (χ0) is 8.85. The number of rotatable bonds is 5. The third-order valence-corrected chi connectivity index (χ3v) is 1.39. The monoisotopic (exact) mass is 202 g/mol. The average molecular weight is 202 g/mol. The largest absolute Gasteiger partial charge is 0.504 e. The molecule has 63 valence electrons. The number of aliphatic carboxylic acids is 1. The maximum Gasteiger partial charge on any atom is 0.504 e. The molecular formula is C5H8NaO5P+. The van der Waals surface area contributed by atoms with Crippen molar-refractivity contribution < 1.29 is 23.8 Å². The molecule has 1 radical (unpaired) electrons. The zero-order valence-electron chi connectivity index (χ0n) is 6.94. The van der Waals surface area contributed by atoms with Gasteiger partial charge in [0.1, 0.15) is 6.61 Å². The van der Waals surface area contributed by atoms with E-state index in [4.69, 9.17) is 5.11 Å². The molecule has 0 aromatic rings. The Hall–Kier alpha value is 0.200. The SMILES string of the molecule is C[P+](=O)OCCC(=O)C(=O)O.[Na]. The summed E-state index contributed by atoms with van der Waals surface area (Å²) in [5, 5.41) is 8.07. The number of Topliss-reactive ketones (excluding diaryl/α,β-unsaturated/α-hetero) is 1. The smallest absolute Gasteiger partial charge is 0.475 e. The van der Waals surface area contributed by atoms with Gasteiger partial charge in [-0.25, -0.2) is 4.79 Å². The van der Waals surface area contributed by atoms with E-state index in [1.807, 2.05) is 0 Å². The number of carboxylic acids is 1. The number of ketones is 1. The van der Waals surface area contributed by atoms with Gasteiger partial charge in [-0.3, -0.25) is 4.79 Å². The molecule has 0 heterocycles. The topological polar surface area (TPSA) is 80.7 Å². The molecule has 0 aromatic heterocycles. The Morgan fingerprint density at radius 3 is 2.33 bits per heavy atom. The van der Waals surface area contributed by atoms with Crippen molar-refractivity contribution in [1.29, 1.82) is 0 Å². The van der Waals surface area contributed by atoms with Crippen molar-refractivity contribution in [1.82, 2.24) is 0 Å². The summed E-state index contributed by atoms with van der Waals surface area (Å²) in [5.74, 6) is -2.42. The summed E-state index contributed by atoms with van der Waals surface area (Å²) in [6.45, 7) is 1.23. The van der Waals surface area contributed by atoms with Crippen LogP contribution in [0.4, 0.5) is 0 Å². The van der Waals surface area contributed by atoms with Crippen LogP contribution in [0, 0.1) is 0 Å². The van der Waals surface area contributed by atoms with E-state index < -0.39 is 19.8 Å². The van der Waals surface area contributed by atoms with Crippen LogP contribution in [0.3, 0.4) is 0 Å². The molecule has 0 saturated carbocycles. The van der Waals surface area contributed by atoms with Gasteiger partial charge in [0.25, 0.3) is 0 Å². The predicted octanol–water partition coefficient (Wildman–Crippen LogP) is 0.0382. The minimum Gasteiger partial charge on any atom is -0.475 e. The number of hydrogen-bond donors (Lipinski definition) is 1. The van der Waals surface area contributed by atoms with Crippen LogP contribution in [0.15, 0.2) is 0 Å². The third-order valence-electron chi connectivity index (χ3n) is 0.841. The first-order chi connectivity index (χ1) is 5.04. The van der Waals surface area contributed by atoms with Crippen molar-refractivity contribution in [2.75, 3.05) is 13.3 Å². The summed E-state index contributed by atoms with van der Waals surface area (Å²) < 4.78 is 14.8. The van der Waals surface area contributed by atoms with E-state index in [1.165, 1.54) is 6.66 Å². The Labute approximate surface area is 92.6 Å². The van der Waals surface area contributed by atoms with Crippen LogP contribution in [0.25, 0.3) is 0 Å². The second-order valence-electron chi connectivity index (χ2n) is 1.75. The molecule has 0 aliphatic carbocycles. The van der Waals surface area contributed by atoms with E-state index in [1.54, 1.807) is 0 Å². The van der Waals surface area contributed by atoms with Gasteiger partial charge in [-0.1, -0.05) is 0 Å². The van der Waals surface area contributed by atoms with Crippen LogP contribution < -0.4 is 0 Å². The Kier molecular flexibility index (Phi) is 9.60. The van der Waals surface area contributed by atoms with Gasteiger partial charge in [-0.2, -0.15) is 0 Å². The minimum atomic E-state index is -1.75. The Balaban J connectivity index is 0. The first-order valence-electron chi connectivity index (χ1n) is 2.84. The summed E-state index contributed by atoms with van der Waals surface area (Å²) in [4.78, 5) is 20.2. The summed E-state index contributed by atoms with van der Waals surface area (Å²) in [6.07, 6.45) is -0.232. The molecule has 0 spiro atoms. The van der Waals surface area contributed by atoms with Gasteiger partial charge < -0.3 is 5.11 Å². The third kappa shape index (κ3) is 8.30. The van der Waals surface area contributed by atoms with Gasteiger partial charge in [0.2, 0.25) is 5.78 Å². The van der Waals surface area contributed by atoms with Crippen LogP contribution in [-0.4, -0.2) is 59.7 Å².